The number of anilines is 1. The number of rotatable bonds is 4. The maximum absolute atomic E-state index is 8.64. The first-order valence-electron chi connectivity index (χ1n) is 6.03. The maximum Gasteiger partial charge on any atom is 0.188 e. The Hall–Kier alpha value is -2.27. The SMILES string of the molecule is Cc1ccc(Cl)c(NCc2ccnc(/C(N)=N/O)c2)c1. The Morgan fingerprint density at radius 2 is 2.20 bits per heavy atom. The maximum atomic E-state index is 8.64. The van der Waals surface area contributed by atoms with Crippen molar-refractivity contribution in [2.24, 2.45) is 10.9 Å². The molecule has 0 radical (unpaired) electrons. The van der Waals surface area contributed by atoms with Crippen molar-refractivity contribution in [1.29, 1.82) is 0 Å². The summed E-state index contributed by atoms with van der Waals surface area (Å²) in [5, 5.41) is 15.5. The van der Waals surface area contributed by atoms with Gasteiger partial charge in [-0.3, -0.25) is 4.98 Å². The van der Waals surface area contributed by atoms with Crippen molar-refractivity contribution in [2.45, 2.75) is 13.5 Å². The highest BCUT2D eigenvalue weighted by Crippen LogP contribution is 2.23. The molecule has 1 aromatic heterocycles. The van der Waals surface area contributed by atoms with Crippen molar-refractivity contribution in [3.8, 4) is 0 Å². The molecule has 5 nitrogen and oxygen atoms in total. The molecule has 0 amide bonds. The molecule has 0 unspecified atom stereocenters. The summed E-state index contributed by atoms with van der Waals surface area (Å²) in [6.07, 6.45) is 1.61. The Morgan fingerprint density at radius 1 is 1.40 bits per heavy atom. The number of nitrogens with zero attached hydrogens (tertiary/aromatic N) is 2. The molecule has 1 heterocycles. The van der Waals surface area contributed by atoms with Crippen LogP contribution in [-0.2, 0) is 6.54 Å². The van der Waals surface area contributed by atoms with Gasteiger partial charge >= 0.3 is 0 Å². The van der Waals surface area contributed by atoms with E-state index in [0.717, 1.165) is 16.8 Å². The Balaban J connectivity index is 2.13. The third-order valence-electron chi connectivity index (χ3n) is 2.80. The van der Waals surface area contributed by atoms with E-state index < -0.39 is 0 Å². The van der Waals surface area contributed by atoms with Crippen LogP contribution in [0.4, 0.5) is 5.69 Å². The molecule has 0 aliphatic heterocycles. The number of pyridine rings is 1. The van der Waals surface area contributed by atoms with E-state index in [2.05, 4.69) is 15.5 Å². The quantitative estimate of drug-likeness (QED) is 0.350. The average Bonchev–Trinajstić information content (AvgIpc) is 2.47. The number of benzene rings is 1. The molecule has 20 heavy (non-hydrogen) atoms. The van der Waals surface area contributed by atoms with Gasteiger partial charge in [-0.15, -0.1) is 0 Å². The van der Waals surface area contributed by atoms with Crippen molar-refractivity contribution < 1.29 is 5.21 Å². The van der Waals surface area contributed by atoms with Gasteiger partial charge in [0.2, 0.25) is 0 Å². The zero-order chi connectivity index (χ0) is 14.5. The number of halogens is 1. The molecule has 0 atom stereocenters. The summed E-state index contributed by atoms with van der Waals surface area (Å²) in [5.74, 6) is -0.0135. The van der Waals surface area contributed by atoms with Crippen molar-refractivity contribution in [3.63, 3.8) is 0 Å². The fraction of sp³-hybridized carbons (Fsp3) is 0.143. The molecule has 0 saturated carbocycles. The molecule has 104 valence electrons. The Labute approximate surface area is 122 Å². The Bertz CT molecular complexity index is 643. The lowest BCUT2D eigenvalue weighted by molar-refractivity contribution is 0.318. The topological polar surface area (TPSA) is 83.5 Å². The van der Waals surface area contributed by atoms with Crippen LogP contribution >= 0.6 is 11.6 Å². The van der Waals surface area contributed by atoms with Crippen LogP contribution in [0.25, 0.3) is 0 Å². The summed E-state index contributed by atoms with van der Waals surface area (Å²) in [4.78, 5) is 4.03. The van der Waals surface area contributed by atoms with E-state index in [1.165, 1.54) is 0 Å². The molecule has 4 N–H and O–H groups in total. The molecule has 0 spiro atoms. The van der Waals surface area contributed by atoms with E-state index in [9.17, 15) is 0 Å². The summed E-state index contributed by atoms with van der Waals surface area (Å²) < 4.78 is 0. The van der Waals surface area contributed by atoms with Gasteiger partial charge < -0.3 is 16.3 Å². The molecule has 2 rings (SSSR count). The van der Waals surface area contributed by atoms with Gasteiger partial charge in [-0.2, -0.15) is 0 Å². The third kappa shape index (κ3) is 3.39. The van der Waals surface area contributed by atoms with E-state index in [-0.39, 0.29) is 5.84 Å². The molecular formula is C14H15ClN4O. The molecule has 0 bridgehead atoms. The summed E-state index contributed by atoms with van der Waals surface area (Å²) in [6, 6.07) is 9.40. The highest BCUT2D eigenvalue weighted by Gasteiger charge is 2.04. The fourth-order valence-corrected chi connectivity index (χ4v) is 1.93. The Morgan fingerprint density at radius 3 is 2.95 bits per heavy atom. The summed E-state index contributed by atoms with van der Waals surface area (Å²) in [7, 11) is 0. The monoisotopic (exact) mass is 290 g/mol. The predicted molar refractivity (Wildman–Crippen MR) is 80.3 cm³/mol. The largest absolute Gasteiger partial charge is 0.409 e. The van der Waals surface area contributed by atoms with Crippen molar-refractivity contribution in [2.75, 3.05) is 5.32 Å². The van der Waals surface area contributed by atoms with Crippen molar-refractivity contribution in [1.82, 2.24) is 4.98 Å². The number of nitrogens with one attached hydrogen (secondary N) is 1. The third-order valence-corrected chi connectivity index (χ3v) is 3.13. The molecule has 1 aromatic carbocycles. The van der Waals surface area contributed by atoms with E-state index >= 15 is 0 Å². The Kier molecular flexibility index (Phi) is 4.42. The average molecular weight is 291 g/mol. The lowest BCUT2D eigenvalue weighted by Crippen LogP contribution is -2.15. The minimum atomic E-state index is -0.0135. The zero-order valence-corrected chi connectivity index (χ0v) is 11.7. The van der Waals surface area contributed by atoms with Crippen molar-refractivity contribution >= 4 is 23.1 Å². The van der Waals surface area contributed by atoms with Crippen LogP contribution in [-0.4, -0.2) is 16.0 Å². The summed E-state index contributed by atoms with van der Waals surface area (Å²) >= 11 is 6.12. The van der Waals surface area contributed by atoms with E-state index in [1.54, 1.807) is 12.3 Å². The smallest absolute Gasteiger partial charge is 0.188 e. The first-order chi connectivity index (χ1) is 9.60. The van der Waals surface area contributed by atoms with Crippen LogP contribution in [0.2, 0.25) is 5.02 Å². The van der Waals surface area contributed by atoms with Crippen LogP contribution < -0.4 is 11.1 Å². The number of amidine groups is 1. The molecule has 6 heteroatoms. The van der Waals surface area contributed by atoms with Crippen LogP contribution in [0.1, 0.15) is 16.8 Å². The second-order valence-corrected chi connectivity index (χ2v) is 4.78. The minimum Gasteiger partial charge on any atom is -0.409 e. The van der Waals surface area contributed by atoms with Gasteiger partial charge in [0.25, 0.3) is 0 Å². The van der Waals surface area contributed by atoms with E-state index in [1.807, 2.05) is 31.2 Å². The number of oxime groups is 1. The van der Waals surface area contributed by atoms with Gasteiger partial charge in [0, 0.05) is 12.7 Å². The molecule has 0 fully saturated rings. The van der Waals surface area contributed by atoms with Gasteiger partial charge in [-0.05, 0) is 42.3 Å². The van der Waals surface area contributed by atoms with Crippen LogP contribution in [0, 0.1) is 6.92 Å². The number of aromatic nitrogens is 1. The molecule has 0 aliphatic rings. The standard InChI is InChI=1S/C14H15ClN4O/c1-9-2-3-11(15)12(6-9)18-8-10-4-5-17-13(7-10)14(16)19-20/h2-7,18,20H,8H2,1H3,(H2,16,19). The van der Waals surface area contributed by atoms with Gasteiger partial charge in [-0.25, -0.2) is 0 Å². The van der Waals surface area contributed by atoms with Gasteiger partial charge in [0.05, 0.1) is 10.7 Å². The molecule has 0 aliphatic carbocycles. The van der Waals surface area contributed by atoms with E-state index in [4.69, 9.17) is 22.5 Å². The number of hydrogen-bond acceptors (Lipinski definition) is 4. The number of hydrogen-bond donors (Lipinski definition) is 3. The van der Waals surface area contributed by atoms with Gasteiger partial charge in [0.15, 0.2) is 5.84 Å². The molecule has 2 aromatic rings. The van der Waals surface area contributed by atoms with Crippen LogP contribution in [0.15, 0.2) is 41.7 Å². The lowest BCUT2D eigenvalue weighted by Gasteiger charge is -2.10. The van der Waals surface area contributed by atoms with Gasteiger partial charge in [0.1, 0.15) is 5.69 Å². The lowest BCUT2D eigenvalue weighted by atomic mass is 10.2. The number of aryl methyl sites for hydroxylation is 1. The second-order valence-electron chi connectivity index (χ2n) is 4.37. The highest BCUT2D eigenvalue weighted by atomic mass is 35.5. The predicted octanol–water partition coefficient (Wildman–Crippen LogP) is 2.75. The molecule has 0 saturated heterocycles. The van der Waals surface area contributed by atoms with E-state index in [0.29, 0.717) is 17.3 Å². The van der Waals surface area contributed by atoms with Crippen LogP contribution in [0.3, 0.4) is 0 Å². The fourth-order valence-electron chi connectivity index (χ4n) is 1.75. The minimum absolute atomic E-state index is 0.0135. The summed E-state index contributed by atoms with van der Waals surface area (Å²) in [5.41, 5.74) is 8.90. The highest BCUT2D eigenvalue weighted by molar-refractivity contribution is 6.33. The van der Waals surface area contributed by atoms with Gasteiger partial charge in [-0.1, -0.05) is 22.8 Å². The first kappa shape index (κ1) is 14.1. The normalized spacial score (nSPS) is 11.4. The second kappa shape index (κ2) is 6.25. The van der Waals surface area contributed by atoms with Crippen molar-refractivity contribution in [3.05, 3.63) is 58.4 Å². The van der Waals surface area contributed by atoms with Crippen LogP contribution in [0.5, 0.6) is 0 Å². The molecular weight excluding hydrogens is 276 g/mol. The first-order valence-corrected chi connectivity index (χ1v) is 6.41. The zero-order valence-electron chi connectivity index (χ0n) is 11.0. The number of nitrogens with two attached hydrogens (primary N) is 1. The summed E-state index contributed by atoms with van der Waals surface area (Å²) in [6.45, 7) is 2.57.